The normalized spacial score (nSPS) is 28.7. The number of primary amides is 1. The van der Waals surface area contributed by atoms with Crippen molar-refractivity contribution in [2.24, 2.45) is 11.7 Å². The number of hydrogen-bond donors (Lipinski definition) is 2. The van der Waals surface area contributed by atoms with E-state index in [0.29, 0.717) is 6.04 Å². The van der Waals surface area contributed by atoms with Crippen molar-refractivity contribution in [1.29, 1.82) is 0 Å². The van der Waals surface area contributed by atoms with Gasteiger partial charge in [0.25, 0.3) is 0 Å². The monoisotopic (exact) mass is 295 g/mol. The highest BCUT2D eigenvalue weighted by molar-refractivity contribution is 5.81. The van der Waals surface area contributed by atoms with E-state index in [9.17, 15) is 9.59 Å². The summed E-state index contributed by atoms with van der Waals surface area (Å²) < 4.78 is 0. The smallest absolute Gasteiger partial charge is 0.239 e. The molecule has 0 bridgehead atoms. The molecular formula is C16H29N3O2. The lowest BCUT2D eigenvalue weighted by molar-refractivity contribution is -0.133. The van der Waals surface area contributed by atoms with Gasteiger partial charge in [-0.05, 0) is 45.4 Å². The van der Waals surface area contributed by atoms with Gasteiger partial charge in [-0.25, -0.2) is 0 Å². The van der Waals surface area contributed by atoms with Gasteiger partial charge in [0.2, 0.25) is 11.8 Å². The van der Waals surface area contributed by atoms with Gasteiger partial charge in [0.1, 0.15) is 0 Å². The molecule has 2 fully saturated rings. The van der Waals surface area contributed by atoms with E-state index in [-0.39, 0.29) is 23.8 Å². The average Bonchev–Trinajstić information content (AvgIpc) is 2.76. The summed E-state index contributed by atoms with van der Waals surface area (Å²) in [7, 11) is 0. The van der Waals surface area contributed by atoms with Gasteiger partial charge in [-0.15, -0.1) is 0 Å². The number of carbonyl (C=O) groups excluding carboxylic acids is 2. The average molecular weight is 295 g/mol. The van der Waals surface area contributed by atoms with Gasteiger partial charge in [-0.3, -0.25) is 9.59 Å². The van der Waals surface area contributed by atoms with Crippen molar-refractivity contribution in [2.75, 3.05) is 13.1 Å². The van der Waals surface area contributed by atoms with Crippen molar-refractivity contribution in [1.82, 2.24) is 10.2 Å². The number of likely N-dealkylation sites (tertiary alicyclic amines) is 1. The van der Waals surface area contributed by atoms with E-state index in [1.54, 1.807) is 0 Å². The number of nitrogens with zero attached hydrogens (tertiary/aromatic N) is 1. The molecule has 5 nitrogen and oxygen atoms in total. The van der Waals surface area contributed by atoms with E-state index in [1.165, 1.54) is 12.8 Å². The molecule has 0 radical (unpaired) electrons. The number of carbonyl (C=O) groups is 2. The van der Waals surface area contributed by atoms with Crippen LogP contribution in [0.15, 0.2) is 0 Å². The van der Waals surface area contributed by atoms with Gasteiger partial charge in [0.05, 0.1) is 6.04 Å². The van der Waals surface area contributed by atoms with Gasteiger partial charge in [-0.2, -0.15) is 0 Å². The molecule has 120 valence electrons. The highest BCUT2D eigenvalue weighted by atomic mass is 16.2. The minimum Gasteiger partial charge on any atom is -0.369 e. The second-order valence-electron chi connectivity index (χ2n) is 6.58. The van der Waals surface area contributed by atoms with Crippen LogP contribution in [-0.2, 0) is 9.59 Å². The van der Waals surface area contributed by atoms with Crippen LogP contribution in [0.1, 0.15) is 58.3 Å². The maximum atomic E-state index is 12.5. The van der Waals surface area contributed by atoms with Gasteiger partial charge < -0.3 is 16.0 Å². The third-order valence-electron chi connectivity index (χ3n) is 4.90. The van der Waals surface area contributed by atoms with Crippen LogP contribution in [0.25, 0.3) is 0 Å². The zero-order valence-corrected chi connectivity index (χ0v) is 13.1. The van der Waals surface area contributed by atoms with Crippen LogP contribution in [0.2, 0.25) is 0 Å². The lowest BCUT2D eigenvalue weighted by atomic mass is 9.85. The predicted molar refractivity (Wildman–Crippen MR) is 82.6 cm³/mol. The summed E-state index contributed by atoms with van der Waals surface area (Å²) in [4.78, 5) is 25.7. The molecule has 2 aliphatic rings. The Bertz CT molecular complexity index is 357. The maximum absolute atomic E-state index is 12.5. The number of amides is 2. The maximum Gasteiger partial charge on any atom is 0.239 e. The van der Waals surface area contributed by atoms with E-state index in [1.807, 2.05) is 11.8 Å². The van der Waals surface area contributed by atoms with Crippen molar-refractivity contribution in [3.05, 3.63) is 0 Å². The summed E-state index contributed by atoms with van der Waals surface area (Å²) >= 11 is 0. The molecular weight excluding hydrogens is 266 g/mol. The molecule has 0 aromatic rings. The fourth-order valence-electron chi connectivity index (χ4n) is 3.53. The predicted octanol–water partition coefficient (Wildman–Crippen LogP) is 1.41. The number of nitrogens with one attached hydrogen (secondary N) is 1. The van der Waals surface area contributed by atoms with Crippen LogP contribution >= 0.6 is 0 Å². The second kappa shape index (κ2) is 7.78. The van der Waals surface area contributed by atoms with Gasteiger partial charge in [-0.1, -0.05) is 12.8 Å². The Balaban J connectivity index is 1.77. The zero-order chi connectivity index (χ0) is 15.2. The number of nitrogens with two attached hydrogens (primary N) is 1. The van der Waals surface area contributed by atoms with E-state index in [4.69, 9.17) is 5.73 Å². The molecule has 21 heavy (non-hydrogen) atoms. The third-order valence-corrected chi connectivity index (χ3v) is 4.90. The van der Waals surface area contributed by atoms with Crippen molar-refractivity contribution in [2.45, 2.75) is 70.4 Å². The van der Waals surface area contributed by atoms with Crippen LogP contribution in [0.4, 0.5) is 0 Å². The Morgan fingerprint density at radius 3 is 2.14 bits per heavy atom. The van der Waals surface area contributed by atoms with Crippen LogP contribution < -0.4 is 11.1 Å². The largest absolute Gasteiger partial charge is 0.369 e. The Morgan fingerprint density at radius 2 is 1.62 bits per heavy atom. The van der Waals surface area contributed by atoms with E-state index in [2.05, 4.69) is 5.32 Å². The van der Waals surface area contributed by atoms with E-state index >= 15 is 0 Å². The minimum atomic E-state index is -0.179. The topological polar surface area (TPSA) is 75.4 Å². The first kappa shape index (κ1) is 16.3. The quantitative estimate of drug-likeness (QED) is 0.823. The molecule has 0 spiro atoms. The highest BCUT2D eigenvalue weighted by Gasteiger charge is 2.28. The van der Waals surface area contributed by atoms with Crippen LogP contribution in [0.3, 0.4) is 0 Å². The molecule has 5 heteroatoms. The van der Waals surface area contributed by atoms with Gasteiger partial charge in [0, 0.05) is 25.0 Å². The van der Waals surface area contributed by atoms with Crippen molar-refractivity contribution < 1.29 is 9.59 Å². The van der Waals surface area contributed by atoms with Crippen molar-refractivity contribution >= 4 is 11.8 Å². The molecule has 1 unspecified atom stereocenters. The van der Waals surface area contributed by atoms with Crippen LogP contribution in [0.5, 0.6) is 0 Å². The van der Waals surface area contributed by atoms with E-state index in [0.717, 1.165) is 51.6 Å². The first-order chi connectivity index (χ1) is 10.1. The summed E-state index contributed by atoms with van der Waals surface area (Å²) in [6.07, 6.45) is 8.29. The molecule has 3 N–H and O–H groups in total. The molecule has 1 saturated carbocycles. The standard InChI is InChI=1S/C16H29N3O2/c1-12(16(21)19-10-4-2-3-5-11-19)18-14-8-6-13(7-9-14)15(17)20/h12-14,18H,2-11H2,1H3,(H2,17,20). The number of rotatable bonds is 4. The SMILES string of the molecule is CC(NC1CCC(C(N)=O)CC1)C(=O)N1CCCCCC1. The van der Waals surface area contributed by atoms with Gasteiger partial charge >= 0.3 is 0 Å². The first-order valence-corrected chi connectivity index (χ1v) is 8.42. The van der Waals surface area contributed by atoms with Gasteiger partial charge in [0.15, 0.2) is 0 Å². The molecule has 2 amide bonds. The Labute approximate surface area is 127 Å². The molecule has 1 heterocycles. The molecule has 0 aromatic heterocycles. The van der Waals surface area contributed by atoms with E-state index < -0.39 is 0 Å². The van der Waals surface area contributed by atoms with Crippen molar-refractivity contribution in [3.63, 3.8) is 0 Å². The molecule has 1 aliphatic heterocycles. The van der Waals surface area contributed by atoms with Crippen LogP contribution in [0, 0.1) is 5.92 Å². The molecule has 1 saturated heterocycles. The molecule has 1 atom stereocenters. The number of hydrogen-bond acceptors (Lipinski definition) is 3. The summed E-state index contributed by atoms with van der Waals surface area (Å²) in [6.45, 7) is 3.77. The summed E-state index contributed by atoms with van der Waals surface area (Å²) in [6, 6.07) is 0.213. The first-order valence-electron chi connectivity index (χ1n) is 8.42. The third kappa shape index (κ3) is 4.70. The second-order valence-corrected chi connectivity index (χ2v) is 6.58. The summed E-state index contributed by atoms with van der Waals surface area (Å²) in [5, 5.41) is 3.45. The lowest BCUT2D eigenvalue weighted by Crippen LogP contribution is -2.49. The fourth-order valence-corrected chi connectivity index (χ4v) is 3.53. The zero-order valence-electron chi connectivity index (χ0n) is 13.1. The molecule has 0 aromatic carbocycles. The van der Waals surface area contributed by atoms with Crippen LogP contribution in [-0.4, -0.2) is 41.9 Å². The lowest BCUT2D eigenvalue weighted by Gasteiger charge is -2.31. The summed E-state index contributed by atoms with van der Waals surface area (Å²) in [5.74, 6) is 0.0794. The Hall–Kier alpha value is -1.10. The highest BCUT2D eigenvalue weighted by Crippen LogP contribution is 2.24. The fraction of sp³-hybridized carbons (Fsp3) is 0.875. The molecule has 2 rings (SSSR count). The Morgan fingerprint density at radius 1 is 1.05 bits per heavy atom. The minimum absolute atomic E-state index is 0.0275. The summed E-state index contributed by atoms with van der Waals surface area (Å²) in [5.41, 5.74) is 5.35. The Kier molecular flexibility index (Phi) is 6.03. The van der Waals surface area contributed by atoms with Crippen molar-refractivity contribution in [3.8, 4) is 0 Å². The molecule has 1 aliphatic carbocycles.